The highest BCUT2D eigenvalue weighted by Gasteiger charge is 2.60. The lowest BCUT2D eigenvalue weighted by molar-refractivity contribution is -0.114. The summed E-state index contributed by atoms with van der Waals surface area (Å²) < 4.78 is 0. The molecule has 29 heavy (non-hydrogen) atoms. The van der Waals surface area contributed by atoms with Crippen LogP contribution in [0.4, 0.5) is 0 Å². The third-order valence-corrected chi connectivity index (χ3v) is 11.5. The summed E-state index contributed by atoms with van der Waals surface area (Å²) >= 11 is 0. The molecule has 2 unspecified atom stereocenters. The van der Waals surface area contributed by atoms with Gasteiger partial charge in [0.2, 0.25) is 0 Å². The van der Waals surface area contributed by atoms with Crippen molar-refractivity contribution in [2.75, 3.05) is 0 Å². The van der Waals surface area contributed by atoms with Crippen molar-refractivity contribution in [2.45, 2.75) is 112 Å². The van der Waals surface area contributed by atoms with Crippen LogP contribution in [0.25, 0.3) is 0 Å². The first-order chi connectivity index (χ1) is 13.8. The number of hydrogen-bond acceptors (Lipinski definition) is 1. The van der Waals surface area contributed by atoms with E-state index in [4.69, 9.17) is 0 Å². The molecular weight excluding hydrogens is 352 g/mol. The van der Waals surface area contributed by atoms with E-state index in [-0.39, 0.29) is 5.92 Å². The van der Waals surface area contributed by atoms with E-state index in [0.29, 0.717) is 16.7 Å². The summed E-state index contributed by atoms with van der Waals surface area (Å²) in [6, 6.07) is 0. The monoisotopic (exact) mass is 400 g/mol. The summed E-state index contributed by atoms with van der Waals surface area (Å²) in [5, 5.41) is 0. The zero-order valence-electron chi connectivity index (χ0n) is 20.1. The molecule has 0 bridgehead atoms. The molecule has 0 heterocycles. The molecule has 1 nitrogen and oxygen atoms in total. The molecule has 4 aliphatic carbocycles. The van der Waals surface area contributed by atoms with Crippen LogP contribution in [0.15, 0.2) is 0 Å². The molecule has 0 radical (unpaired) electrons. The highest BCUT2D eigenvalue weighted by molar-refractivity contribution is 5.53. The van der Waals surface area contributed by atoms with Gasteiger partial charge in [-0.2, -0.15) is 0 Å². The van der Waals surface area contributed by atoms with Gasteiger partial charge in [-0.3, -0.25) is 0 Å². The van der Waals surface area contributed by atoms with E-state index in [1.807, 2.05) is 0 Å². The average Bonchev–Trinajstić information content (AvgIpc) is 3.08. The number of carbonyl (C=O) groups is 1. The molecule has 0 N–H and O–H groups in total. The summed E-state index contributed by atoms with van der Waals surface area (Å²) in [6.45, 7) is 12.3. The van der Waals surface area contributed by atoms with Crippen molar-refractivity contribution in [2.24, 2.45) is 58.2 Å². The Kier molecular flexibility index (Phi) is 6.27. The average molecular weight is 401 g/mol. The first-order valence-corrected chi connectivity index (χ1v) is 13.3. The predicted octanol–water partition coefficient (Wildman–Crippen LogP) is 7.92. The van der Waals surface area contributed by atoms with E-state index in [2.05, 4.69) is 34.6 Å². The van der Waals surface area contributed by atoms with Gasteiger partial charge >= 0.3 is 0 Å². The fourth-order valence-corrected chi connectivity index (χ4v) is 9.39. The van der Waals surface area contributed by atoms with Gasteiger partial charge in [-0.05, 0) is 110 Å². The number of hydrogen-bond donors (Lipinski definition) is 0. The van der Waals surface area contributed by atoms with Crippen LogP contribution in [0.5, 0.6) is 0 Å². The van der Waals surface area contributed by atoms with Crippen molar-refractivity contribution in [1.82, 2.24) is 0 Å². The van der Waals surface area contributed by atoms with Crippen LogP contribution in [0.2, 0.25) is 0 Å². The molecule has 0 saturated heterocycles. The molecule has 0 aromatic heterocycles. The molecule has 4 fully saturated rings. The molecule has 1 heteroatoms. The van der Waals surface area contributed by atoms with Crippen LogP contribution in [-0.4, -0.2) is 6.29 Å². The van der Waals surface area contributed by atoms with Gasteiger partial charge < -0.3 is 4.79 Å². The van der Waals surface area contributed by atoms with Gasteiger partial charge in [-0.25, -0.2) is 0 Å². The van der Waals surface area contributed by atoms with Crippen molar-refractivity contribution in [3.8, 4) is 0 Å². The van der Waals surface area contributed by atoms with Crippen molar-refractivity contribution < 1.29 is 4.79 Å². The van der Waals surface area contributed by atoms with Crippen molar-refractivity contribution in [3.63, 3.8) is 0 Å². The number of rotatable bonds is 6. The fourth-order valence-electron chi connectivity index (χ4n) is 9.39. The standard InChI is InChI=1S/C28H48O/c1-19(21(3)18-29)9-10-20(2)24-13-14-25-23-12-11-22-8-6-7-16-27(22,4)26(23)15-17-28(24,25)5/h18-26H,6-17H2,1-5H3/t19-,20+,21?,22?,23-,24+,25-,26-,27-,28+/m0/s1. The first kappa shape index (κ1) is 21.9. The van der Waals surface area contributed by atoms with Crippen LogP contribution < -0.4 is 0 Å². The van der Waals surface area contributed by atoms with Crippen LogP contribution >= 0.6 is 0 Å². The van der Waals surface area contributed by atoms with E-state index in [0.717, 1.165) is 41.8 Å². The minimum absolute atomic E-state index is 0.218. The molecule has 10 atom stereocenters. The van der Waals surface area contributed by atoms with Crippen LogP contribution in [-0.2, 0) is 4.79 Å². The second-order valence-electron chi connectivity index (χ2n) is 12.7. The Bertz CT molecular complexity index is 583. The fraction of sp³-hybridized carbons (Fsp3) is 0.964. The Morgan fingerprint density at radius 1 is 0.828 bits per heavy atom. The zero-order valence-corrected chi connectivity index (χ0v) is 20.1. The highest BCUT2D eigenvalue weighted by atomic mass is 16.1. The normalized spacial score (nSPS) is 47.4. The molecule has 0 aromatic rings. The summed E-state index contributed by atoms with van der Waals surface area (Å²) in [6.07, 6.45) is 18.8. The highest BCUT2D eigenvalue weighted by Crippen LogP contribution is 2.68. The largest absolute Gasteiger partial charge is 0.303 e. The number of aldehydes is 1. The van der Waals surface area contributed by atoms with Gasteiger partial charge in [-0.1, -0.05) is 53.9 Å². The van der Waals surface area contributed by atoms with E-state index in [1.165, 1.54) is 70.6 Å². The minimum atomic E-state index is 0.218. The molecule has 166 valence electrons. The van der Waals surface area contributed by atoms with Crippen molar-refractivity contribution >= 4 is 6.29 Å². The first-order valence-electron chi connectivity index (χ1n) is 13.3. The van der Waals surface area contributed by atoms with Crippen molar-refractivity contribution in [3.05, 3.63) is 0 Å². The van der Waals surface area contributed by atoms with Gasteiger partial charge in [0.05, 0.1) is 0 Å². The molecule has 4 rings (SSSR count). The second-order valence-corrected chi connectivity index (χ2v) is 12.7. The Morgan fingerprint density at radius 3 is 2.34 bits per heavy atom. The molecule has 0 spiro atoms. The van der Waals surface area contributed by atoms with E-state index < -0.39 is 0 Å². The van der Waals surface area contributed by atoms with E-state index in [9.17, 15) is 4.79 Å². The summed E-state index contributed by atoms with van der Waals surface area (Å²) in [7, 11) is 0. The maximum absolute atomic E-state index is 11.1. The van der Waals surface area contributed by atoms with Crippen LogP contribution in [0, 0.1) is 58.2 Å². The Balaban J connectivity index is 1.44. The zero-order chi connectivity index (χ0) is 20.8. The molecule has 0 aromatic carbocycles. The maximum Gasteiger partial charge on any atom is 0.123 e. The van der Waals surface area contributed by atoms with E-state index >= 15 is 0 Å². The third-order valence-electron chi connectivity index (χ3n) is 11.5. The predicted molar refractivity (Wildman–Crippen MR) is 123 cm³/mol. The Morgan fingerprint density at radius 2 is 1.59 bits per heavy atom. The third kappa shape index (κ3) is 3.65. The van der Waals surface area contributed by atoms with Crippen LogP contribution in [0.3, 0.4) is 0 Å². The van der Waals surface area contributed by atoms with Crippen LogP contribution in [0.1, 0.15) is 112 Å². The van der Waals surface area contributed by atoms with Gasteiger partial charge in [0.15, 0.2) is 0 Å². The molecular formula is C28H48O. The van der Waals surface area contributed by atoms with Gasteiger partial charge in [0, 0.05) is 5.92 Å². The molecule has 4 saturated carbocycles. The lowest BCUT2D eigenvalue weighted by Gasteiger charge is -2.61. The lowest BCUT2D eigenvalue weighted by atomic mass is 9.44. The molecule has 4 aliphatic rings. The Labute approximate surface area is 181 Å². The second kappa shape index (κ2) is 8.31. The number of carbonyl (C=O) groups excluding carboxylic acids is 1. The molecule has 0 amide bonds. The van der Waals surface area contributed by atoms with Gasteiger partial charge in [0.25, 0.3) is 0 Å². The molecule has 0 aliphatic heterocycles. The smallest absolute Gasteiger partial charge is 0.123 e. The van der Waals surface area contributed by atoms with E-state index in [1.54, 1.807) is 6.42 Å². The van der Waals surface area contributed by atoms with Gasteiger partial charge in [-0.15, -0.1) is 0 Å². The minimum Gasteiger partial charge on any atom is -0.303 e. The van der Waals surface area contributed by atoms with Gasteiger partial charge in [0.1, 0.15) is 6.29 Å². The quantitative estimate of drug-likeness (QED) is 0.414. The summed E-state index contributed by atoms with van der Waals surface area (Å²) in [5.74, 6) is 6.60. The number of fused-ring (bicyclic) bond motifs is 5. The van der Waals surface area contributed by atoms with Crippen molar-refractivity contribution in [1.29, 1.82) is 0 Å². The SMILES string of the molecule is CC(C=O)[C@@H](C)CC[C@@H](C)[C@H]1CC[C@H]2[C@@H]3CCC4CCCC[C@]4(C)[C@H]3CC[C@]12C. The summed E-state index contributed by atoms with van der Waals surface area (Å²) in [5.41, 5.74) is 1.27. The maximum atomic E-state index is 11.1. The topological polar surface area (TPSA) is 17.1 Å². The Hall–Kier alpha value is -0.330. The lowest BCUT2D eigenvalue weighted by Crippen LogP contribution is -2.53. The summed E-state index contributed by atoms with van der Waals surface area (Å²) in [4.78, 5) is 11.1.